The van der Waals surface area contributed by atoms with E-state index in [4.69, 9.17) is 16.3 Å². The normalized spacial score (nSPS) is 11.2. The molecule has 3 heterocycles. The van der Waals surface area contributed by atoms with Crippen LogP contribution in [0.25, 0.3) is 11.0 Å². The molecule has 0 bridgehead atoms. The average molecular weight is 361 g/mol. The van der Waals surface area contributed by atoms with Gasteiger partial charge in [-0.15, -0.1) is 0 Å². The zero-order valence-corrected chi connectivity index (χ0v) is 15.3. The quantitative estimate of drug-likeness (QED) is 0.513. The van der Waals surface area contributed by atoms with Crippen molar-refractivity contribution in [2.45, 2.75) is 33.7 Å². The zero-order valence-electron chi connectivity index (χ0n) is 14.6. The molecule has 1 N–H and O–H groups in total. The summed E-state index contributed by atoms with van der Waals surface area (Å²) in [6, 6.07) is 3.89. The van der Waals surface area contributed by atoms with Gasteiger partial charge >= 0.3 is 0 Å². The van der Waals surface area contributed by atoms with E-state index in [0.29, 0.717) is 31.4 Å². The van der Waals surface area contributed by atoms with E-state index in [0.717, 1.165) is 28.7 Å². The van der Waals surface area contributed by atoms with E-state index >= 15 is 0 Å². The topological polar surface area (TPSA) is 77.8 Å². The molecule has 3 aromatic heterocycles. The van der Waals surface area contributed by atoms with Crippen molar-refractivity contribution < 1.29 is 4.74 Å². The first-order chi connectivity index (χ1) is 12.1. The summed E-state index contributed by atoms with van der Waals surface area (Å²) in [5, 5.41) is 8.07. The fourth-order valence-electron chi connectivity index (χ4n) is 2.56. The summed E-state index contributed by atoms with van der Waals surface area (Å²) >= 11 is 6.14. The third kappa shape index (κ3) is 3.88. The minimum Gasteiger partial charge on any atom is -0.380 e. The van der Waals surface area contributed by atoms with Crippen molar-refractivity contribution in [2.24, 2.45) is 0 Å². The van der Waals surface area contributed by atoms with E-state index in [1.54, 1.807) is 6.20 Å². The van der Waals surface area contributed by atoms with Gasteiger partial charge in [0, 0.05) is 12.8 Å². The van der Waals surface area contributed by atoms with Crippen LogP contribution < -0.4 is 5.32 Å². The molecule has 0 saturated carbocycles. The fraction of sp³-hybridized carbons (Fsp3) is 0.412. The number of nitrogens with one attached hydrogen (secondary N) is 1. The minimum absolute atomic E-state index is 0.182. The minimum atomic E-state index is 0.182. The van der Waals surface area contributed by atoms with E-state index in [1.807, 2.05) is 37.6 Å². The Morgan fingerprint density at radius 3 is 2.76 bits per heavy atom. The van der Waals surface area contributed by atoms with E-state index in [2.05, 4.69) is 25.4 Å². The van der Waals surface area contributed by atoms with Gasteiger partial charge < -0.3 is 10.1 Å². The SMILES string of the molecule is CCOCCn1nc(CC)c2nc(Cl)nc(Nc3ccc(C)cn3)c21. The Bertz CT molecular complexity index is 862. The Morgan fingerprint density at radius 1 is 1.24 bits per heavy atom. The second-order valence-corrected chi connectivity index (χ2v) is 5.94. The number of anilines is 2. The number of pyridine rings is 1. The molecule has 0 fully saturated rings. The molecule has 3 rings (SSSR count). The molecule has 0 aromatic carbocycles. The first kappa shape index (κ1) is 17.6. The van der Waals surface area contributed by atoms with Crippen LogP contribution in [0, 0.1) is 6.92 Å². The predicted molar refractivity (Wildman–Crippen MR) is 98.5 cm³/mol. The Balaban J connectivity index is 2.05. The summed E-state index contributed by atoms with van der Waals surface area (Å²) in [6.07, 6.45) is 2.56. The number of ether oxygens (including phenoxy) is 1. The average Bonchev–Trinajstić information content (AvgIpc) is 2.95. The van der Waals surface area contributed by atoms with Crippen LogP contribution in [0.1, 0.15) is 25.1 Å². The Morgan fingerprint density at radius 2 is 2.08 bits per heavy atom. The van der Waals surface area contributed by atoms with Crippen LogP contribution in [0.2, 0.25) is 5.28 Å². The molecule has 0 unspecified atom stereocenters. The molecule has 0 radical (unpaired) electrons. The molecule has 3 aromatic rings. The third-order valence-corrected chi connectivity index (χ3v) is 3.94. The highest BCUT2D eigenvalue weighted by molar-refractivity contribution is 6.28. The second kappa shape index (κ2) is 7.76. The summed E-state index contributed by atoms with van der Waals surface area (Å²) in [7, 11) is 0. The molecule has 0 amide bonds. The van der Waals surface area contributed by atoms with Crippen LogP contribution in [-0.2, 0) is 17.7 Å². The maximum absolute atomic E-state index is 6.14. The van der Waals surface area contributed by atoms with Gasteiger partial charge in [-0.2, -0.15) is 10.1 Å². The van der Waals surface area contributed by atoms with Crippen molar-refractivity contribution >= 4 is 34.3 Å². The molecular weight excluding hydrogens is 340 g/mol. The summed E-state index contributed by atoms with van der Waals surface area (Å²) < 4.78 is 7.34. The van der Waals surface area contributed by atoms with Crippen molar-refractivity contribution in [3.8, 4) is 0 Å². The highest BCUT2D eigenvalue weighted by Crippen LogP contribution is 2.27. The van der Waals surface area contributed by atoms with E-state index in [1.165, 1.54) is 0 Å². The van der Waals surface area contributed by atoms with Gasteiger partial charge in [0.1, 0.15) is 16.9 Å². The maximum atomic E-state index is 6.14. The first-order valence-corrected chi connectivity index (χ1v) is 8.70. The predicted octanol–water partition coefficient (Wildman–Crippen LogP) is 3.53. The van der Waals surface area contributed by atoms with Gasteiger partial charge in [-0.25, -0.2) is 9.97 Å². The van der Waals surface area contributed by atoms with E-state index in [9.17, 15) is 0 Å². The lowest BCUT2D eigenvalue weighted by atomic mass is 10.3. The number of halogens is 1. The Kier molecular flexibility index (Phi) is 5.45. The monoisotopic (exact) mass is 360 g/mol. The molecule has 0 atom stereocenters. The van der Waals surface area contributed by atoms with Crippen LogP contribution in [0.15, 0.2) is 18.3 Å². The van der Waals surface area contributed by atoms with E-state index in [-0.39, 0.29) is 5.28 Å². The lowest BCUT2D eigenvalue weighted by Crippen LogP contribution is -2.09. The molecule has 8 heteroatoms. The zero-order chi connectivity index (χ0) is 17.8. The van der Waals surface area contributed by atoms with Gasteiger partial charge in [-0.05, 0) is 43.5 Å². The summed E-state index contributed by atoms with van der Waals surface area (Å²) in [5.74, 6) is 1.28. The van der Waals surface area contributed by atoms with Crippen molar-refractivity contribution in [3.63, 3.8) is 0 Å². The number of rotatable bonds is 7. The van der Waals surface area contributed by atoms with Crippen LogP contribution in [0.4, 0.5) is 11.6 Å². The highest BCUT2D eigenvalue weighted by atomic mass is 35.5. The molecule has 7 nitrogen and oxygen atoms in total. The van der Waals surface area contributed by atoms with Crippen molar-refractivity contribution in [3.05, 3.63) is 34.9 Å². The molecule has 25 heavy (non-hydrogen) atoms. The first-order valence-electron chi connectivity index (χ1n) is 8.32. The third-order valence-electron chi connectivity index (χ3n) is 3.77. The van der Waals surface area contributed by atoms with Crippen LogP contribution in [0.3, 0.4) is 0 Å². The van der Waals surface area contributed by atoms with Crippen molar-refractivity contribution in [1.29, 1.82) is 0 Å². The standard InChI is InChI=1S/C17H21ClN6O/c1-4-12-14-15(24(23-12)8-9-25-5-2)16(22-17(18)21-14)20-13-7-6-11(3)10-19-13/h6-7,10H,4-5,8-9H2,1-3H3,(H,19,20,21,22). The van der Waals surface area contributed by atoms with Gasteiger partial charge in [0.25, 0.3) is 0 Å². The molecule has 0 saturated heterocycles. The van der Waals surface area contributed by atoms with E-state index < -0.39 is 0 Å². The Labute approximate surface area is 151 Å². The molecule has 0 aliphatic heterocycles. The molecule has 0 spiro atoms. The van der Waals surface area contributed by atoms with Gasteiger partial charge in [0.15, 0.2) is 5.82 Å². The van der Waals surface area contributed by atoms with Crippen LogP contribution in [-0.4, -0.2) is 37.9 Å². The summed E-state index contributed by atoms with van der Waals surface area (Å²) in [6.45, 7) is 7.86. The van der Waals surface area contributed by atoms with Crippen LogP contribution in [0.5, 0.6) is 0 Å². The fourth-order valence-corrected chi connectivity index (χ4v) is 2.73. The Hall–Kier alpha value is -2.25. The number of hydrogen-bond acceptors (Lipinski definition) is 6. The van der Waals surface area contributed by atoms with Crippen LogP contribution >= 0.6 is 11.6 Å². The number of nitrogens with zero attached hydrogens (tertiary/aromatic N) is 5. The molecule has 0 aliphatic carbocycles. The van der Waals surface area contributed by atoms with Gasteiger partial charge in [-0.1, -0.05) is 13.0 Å². The van der Waals surface area contributed by atoms with Gasteiger partial charge in [0.05, 0.1) is 18.8 Å². The number of aryl methyl sites for hydroxylation is 2. The highest BCUT2D eigenvalue weighted by Gasteiger charge is 2.18. The number of hydrogen-bond donors (Lipinski definition) is 1. The maximum Gasteiger partial charge on any atom is 0.225 e. The van der Waals surface area contributed by atoms with Crippen molar-refractivity contribution in [2.75, 3.05) is 18.5 Å². The second-order valence-electron chi connectivity index (χ2n) is 5.60. The lowest BCUT2D eigenvalue weighted by molar-refractivity contribution is 0.137. The largest absolute Gasteiger partial charge is 0.380 e. The summed E-state index contributed by atoms with van der Waals surface area (Å²) in [5.41, 5.74) is 3.54. The van der Waals surface area contributed by atoms with Gasteiger partial charge in [0.2, 0.25) is 5.28 Å². The van der Waals surface area contributed by atoms with Gasteiger partial charge in [-0.3, -0.25) is 4.68 Å². The molecule has 0 aliphatic rings. The molecule has 132 valence electrons. The number of fused-ring (bicyclic) bond motifs is 1. The molecular formula is C17H21ClN6O. The lowest BCUT2D eigenvalue weighted by Gasteiger charge is -2.09. The van der Waals surface area contributed by atoms with Crippen molar-refractivity contribution in [1.82, 2.24) is 24.7 Å². The smallest absolute Gasteiger partial charge is 0.225 e. The summed E-state index contributed by atoms with van der Waals surface area (Å²) in [4.78, 5) is 13.1. The number of aromatic nitrogens is 5.